The van der Waals surface area contributed by atoms with Crippen LogP contribution in [-0.4, -0.2) is 31.8 Å². The van der Waals surface area contributed by atoms with E-state index in [0.29, 0.717) is 17.5 Å². The molecule has 2 saturated carbocycles. The van der Waals surface area contributed by atoms with Crippen molar-refractivity contribution < 1.29 is 21.1 Å². The van der Waals surface area contributed by atoms with E-state index in [9.17, 15) is 9.59 Å². The normalized spacial score (nSPS) is 23.1. The molecule has 0 aromatic carbocycles. The molecule has 1 N–H and O–H groups in total. The van der Waals surface area contributed by atoms with Gasteiger partial charge in [0.25, 0.3) is 11.1 Å². The summed E-state index contributed by atoms with van der Waals surface area (Å²) in [5.41, 5.74) is 1.51. The summed E-state index contributed by atoms with van der Waals surface area (Å²) in [6, 6.07) is 0. The first-order valence-corrected chi connectivity index (χ1v) is 15.1. The molecule has 4 rings (SSSR count). The number of H-pyrrole nitrogens is 1. The number of aromatic amines is 1. The van der Waals surface area contributed by atoms with Crippen molar-refractivity contribution in [2.24, 2.45) is 30.7 Å². The monoisotopic (exact) mass is 717 g/mol. The van der Waals surface area contributed by atoms with Crippen LogP contribution in [0.4, 0.5) is 0 Å². The van der Waals surface area contributed by atoms with Gasteiger partial charge in [-0.1, -0.05) is 25.7 Å². The van der Waals surface area contributed by atoms with Crippen LogP contribution in [0, 0.1) is 31.1 Å². The van der Waals surface area contributed by atoms with Crippen molar-refractivity contribution in [3.8, 4) is 0 Å². The maximum atomic E-state index is 11.9. The molecule has 0 spiro atoms. The Bertz CT molecular complexity index is 1000. The summed E-state index contributed by atoms with van der Waals surface area (Å²) in [6.45, 7) is 0. The topological polar surface area (TPSA) is 80.6 Å². The molecule has 2 aliphatic rings. The molecule has 0 amide bonds. The maximum absolute atomic E-state index is 11.9. The largest absolute Gasteiger partial charge is 0.358 e. The summed E-state index contributed by atoms with van der Waals surface area (Å²) in [7, 11) is 7.43. The average molecular weight is 717 g/mol. The van der Waals surface area contributed by atoms with E-state index in [1.165, 1.54) is 76.5 Å². The van der Waals surface area contributed by atoms with E-state index >= 15 is 0 Å². The predicted molar refractivity (Wildman–Crippen MR) is 157 cm³/mol. The number of rotatable bonds is 8. The van der Waals surface area contributed by atoms with Crippen LogP contribution >= 0.6 is 18.5 Å². The molecule has 0 aliphatic heterocycles. The number of nitrogens with one attached hydrogen (secondary N) is 1. The van der Waals surface area contributed by atoms with Crippen molar-refractivity contribution in [1.29, 1.82) is 0 Å². The summed E-state index contributed by atoms with van der Waals surface area (Å²) in [4.78, 5) is 34.6. The van der Waals surface area contributed by atoms with Crippen LogP contribution < -0.4 is 11.1 Å². The van der Waals surface area contributed by atoms with E-state index in [-0.39, 0.29) is 39.6 Å². The Labute approximate surface area is 242 Å². The molecule has 2 aromatic heterocycles. The van der Waals surface area contributed by atoms with Crippen LogP contribution in [0.15, 0.2) is 34.4 Å². The molecular formula is C28H47N4O2P2W-. The van der Waals surface area contributed by atoms with Gasteiger partial charge in [-0.2, -0.15) is 0 Å². The summed E-state index contributed by atoms with van der Waals surface area (Å²) in [5.74, 6) is 3.14. The second-order valence-corrected chi connectivity index (χ2v) is 11.6. The molecular weight excluding hydrogens is 670 g/mol. The molecule has 6 nitrogen and oxygen atoms in total. The fourth-order valence-corrected chi connectivity index (χ4v) is 6.63. The van der Waals surface area contributed by atoms with Gasteiger partial charge in [-0.3, -0.25) is 19.6 Å². The maximum Gasteiger partial charge on any atom is 0.271 e. The van der Waals surface area contributed by atoms with Crippen molar-refractivity contribution in [2.45, 2.75) is 77.0 Å². The van der Waals surface area contributed by atoms with Crippen LogP contribution in [-0.2, 0) is 41.0 Å². The van der Waals surface area contributed by atoms with Gasteiger partial charge in [-0.25, -0.2) is 0 Å². The molecule has 2 aromatic rings. The van der Waals surface area contributed by atoms with Crippen molar-refractivity contribution in [1.82, 2.24) is 19.5 Å². The smallest absolute Gasteiger partial charge is 0.271 e. The van der Waals surface area contributed by atoms with E-state index < -0.39 is 0 Å². The van der Waals surface area contributed by atoms with Crippen molar-refractivity contribution in [2.75, 3.05) is 12.3 Å². The van der Waals surface area contributed by atoms with Crippen molar-refractivity contribution >= 4 is 18.5 Å². The Hall–Kier alpha value is -0.692. The van der Waals surface area contributed by atoms with E-state index in [2.05, 4.69) is 33.4 Å². The SMILES string of the molecule is Cn1ccnc(CC2CCC(CCP)CC2)c1=O.O=c1[nH]ccnc1CC1CCC(CCP)CC1.[CH3-].[W]. The van der Waals surface area contributed by atoms with Crippen LogP contribution in [0.25, 0.3) is 0 Å². The number of hydrogen-bond donors (Lipinski definition) is 1. The van der Waals surface area contributed by atoms with Gasteiger partial charge >= 0.3 is 0 Å². The molecule has 2 aliphatic carbocycles. The molecule has 9 heteroatoms. The van der Waals surface area contributed by atoms with Gasteiger partial charge in [0.05, 0.1) is 0 Å². The minimum Gasteiger partial charge on any atom is -0.358 e. The molecule has 2 unspecified atom stereocenters. The van der Waals surface area contributed by atoms with Gasteiger partial charge in [0, 0.05) is 52.9 Å². The van der Waals surface area contributed by atoms with Gasteiger partial charge < -0.3 is 17.0 Å². The zero-order chi connectivity index (χ0) is 25.0. The third-order valence-corrected chi connectivity index (χ3v) is 8.58. The second kappa shape index (κ2) is 18.6. The van der Waals surface area contributed by atoms with Crippen LogP contribution in [0.1, 0.15) is 75.6 Å². The fraction of sp³-hybridized carbons (Fsp3) is 0.679. The van der Waals surface area contributed by atoms with Gasteiger partial charge in [0.15, 0.2) is 0 Å². The number of aromatic nitrogens is 4. The van der Waals surface area contributed by atoms with E-state index in [1.54, 1.807) is 36.4 Å². The van der Waals surface area contributed by atoms with E-state index in [0.717, 1.165) is 30.4 Å². The summed E-state index contributed by atoms with van der Waals surface area (Å²) < 4.78 is 1.63. The van der Waals surface area contributed by atoms with E-state index in [4.69, 9.17) is 0 Å². The Morgan fingerprint density at radius 3 is 1.76 bits per heavy atom. The van der Waals surface area contributed by atoms with Crippen molar-refractivity contribution in [3.05, 3.63) is 64.3 Å². The van der Waals surface area contributed by atoms with Gasteiger partial charge in [-0.15, -0.1) is 18.5 Å². The molecule has 0 radical (unpaired) electrons. The minimum atomic E-state index is -0.0143. The Morgan fingerprint density at radius 1 is 0.811 bits per heavy atom. The Kier molecular flexibility index (Phi) is 17.2. The fourth-order valence-electron chi connectivity index (χ4n) is 5.68. The number of nitrogens with zero attached hydrogens (tertiary/aromatic N) is 3. The summed E-state index contributed by atoms with van der Waals surface area (Å²) in [5, 5.41) is 0. The predicted octanol–water partition coefficient (Wildman–Crippen LogP) is 5.23. The summed E-state index contributed by atoms with van der Waals surface area (Å²) >= 11 is 0. The quantitative estimate of drug-likeness (QED) is 0.300. The van der Waals surface area contributed by atoms with Crippen LogP contribution in [0.5, 0.6) is 0 Å². The molecule has 208 valence electrons. The second-order valence-electron chi connectivity index (χ2n) is 10.5. The number of aryl methyl sites for hydroxylation is 1. The Balaban J connectivity index is 0.000000351. The molecule has 2 fully saturated rings. The van der Waals surface area contributed by atoms with Gasteiger partial charge in [-0.05, 0) is 87.4 Å². The summed E-state index contributed by atoms with van der Waals surface area (Å²) in [6.07, 6.45) is 23.9. The van der Waals surface area contributed by atoms with Crippen LogP contribution in [0.2, 0.25) is 0 Å². The molecule has 2 atom stereocenters. The van der Waals surface area contributed by atoms with Gasteiger partial charge in [0.2, 0.25) is 0 Å². The zero-order valence-corrected chi connectivity index (χ0v) is 28.0. The third-order valence-electron chi connectivity index (χ3n) is 7.92. The van der Waals surface area contributed by atoms with Crippen molar-refractivity contribution in [3.63, 3.8) is 0 Å². The molecule has 0 saturated heterocycles. The molecule has 37 heavy (non-hydrogen) atoms. The number of hydrogen-bond acceptors (Lipinski definition) is 4. The third kappa shape index (κ3) is 11.5. The first-order chi connectivity index (χ1) is 17.0. The standard InChI is InChI=1S/C14H23N2OP.C13H21N2OP.CH3.W/c1-16-8-7-15-13(14(16)17)10-12-4-2-11(3-5-12)6-9-18;16-13-12(14-6-7-15-13)9-11-3-1-10(2-4-11)5-8-17;;/h7-8,11-12H,2-6,9-10,18H2,1H3;6-7,10-11H,1-5,8-9,17H2,(H,15,16);1H3;/q;;-1;. The minimum absolute atomic E-state index is 0. The molecule has 2 heterocycles. The average Bonchev–Trinajstić information content (AvgIpc) is 2.87. The first-order valence-electron chi connectivity index (χ1n) is 13.4. The van der Waals surface area contributed by atoms with Gasteiger partial charge in [0.1, 0.15) is 11.4 Å². The van der Waals surface area contributed by atoms with E-state index in [1.807, 2.05) is 0 Å². The molecule has 0 bridgehead atoms. The Morgan fingerprint density at radius 2 is 1.27 bits per heavy atom. The first kappa shape index (κ1) is 34.3. The zero-order valence-electron chi connectivity index (χ0n) is 22.7. The van der Waals surface area contributed by atoms with Crippen LogP contribution in [0.3, 0.4) is 0 Å².